The molecule has 8 nitrogen and oxygen atoms in total. The van der Waals surface area contributed by atoms with Gasteiger partial charge < -0.3 is 20.3 Å². The predicted molar refractivity (Wildman–Crippen MR) is 105 cm³/mol. The van der Waals surface area contributed by atoms with E-state index in [1.54, 1.807) is 45.2 Å². The molecule has 8 heteroatoms. The largest absolute Gasteiger partial charge is 0.444 e. The van der Waals surface area contributed by atoms with E-state index in [1.807, 2.05) is 4.90 Å². The highest BCUT2D eigenvalue weighted by Crippen LogP contribution is 2.18. The molecule has 2 rings (SSSR count). The summed E-state index contributed by atoms with van der Waals surface area (Å²) >= 11 is 0. The number of carbonyl (C=O) groups excluding carboxylic acids is 3. The third kappa shape index (κ3) is 7.54. The number of rotatable bonds is 6. The van der Waals surface area contributed by atoms with Crippen LogP contribution in [0.3, 0.4) is 0 Å². The number of piperidine rings is 1. The number of amides is 3. The minimum atomic E-state index is -0.556. The molecular weight excluding hydrogens is 360 g/mol. The van der Waals surface area contributed by atoms with Gasteiger partial charge in [-0.3, -0.25) is 14.6 Å². The Labute approximate surface area is 166 Å². The van der Waals surface area contributed by atoms with Crippen LogP contribution in [-0.2, 0) is 9.53 Å². The van der Waals surface area contributed by atoms with E-state index in [4.69, 9.17) is 4.74 Å². The van der Waals surface area contributed by atoms with E-state index in [2.05, 4.69) is 15.6 Å². The number of alkyl carbamates (subject to hydrolysis) is 1. The molecular formula is C20H30N4O4. The van der Waals surface area contributed by atoms with Crippen LogP contribution >= 0.6 is 0 Å². The maximum Gasteiger partial charge on any atom is 0.407 e. The summed E-state index contributed by atoms with van der Waals surface area (Å²) in [4.78, 5) is 41.8. The lowest BCUT2D eigenvalue weighted by molar-refractivity contribution is -0.121. The Hall–Kier alpha value is -2.64. The number of nitrogens with zero attached hydrogens (tertiary/aromatic N) is 2. The lowest BCUT2D eigenvalue weighted by Gasteiger charge is -2.31. The van der Waals surface area contributed by atoms with Gasteiger partial charge in [-0.25, -0.2) is 4.79 Å². The van der Waals surface area contributed by atoms with Gasteiger partial charge in [-0.05, 0) is 51.7 Å². The first kappa shape index (κ1) is 21.7. The Morgan fingerprint density at radius 2 is 1.89 bits per heavy atom. The highest BCUT2D eigenvalue weighted by atomic mass is 16.6. The van der Waals surface area contributed by atoms with Gasteiger partial charge in [0.2, 0.25) is 5.91 Å². The van der Waals surface area contributed by atoms with Gasteiger partial charge in [0, 0.05) is 38.8 Å². The molecule has 1 fully saturated rings. The molecule has 2 heterocycles. The number of hydrogen-bond donors (Lipinski definition) is 2. The molecule has 0 saturated carbocycles. The van der Waals surface area contributed by atoms with Crippen LogP contribution in [0, 0.1) is 5.92 Å². The molecule has 0 aliphatic carbocycles. The molecule has 0 spiro atoms. The molecule has 2 N–H and O–H groups in total. The molecule has 0 bridgehead atoms. The number of ether oxygens (including phenoxy) is 1. The van der Waals surface area contributed by atoms with Crippen molar-refractivity contribution in [3.05, 3.63) is 30.1 Å². The summed E-state index contributed by atoms with van der Waals surface area (Å²) in [5.74, 6) is 0.190. The molecule has 1 aromatic heterocycles. The van der Waals surface area contributed by atoms with Crippen molar-refractivity contribution in [1.29, 1.82) is 0 Å². The van der Waals surface area contributed by atoms with Crippen LogP contribution in [0.4, 0.5) is 4.79 Å². The van der Waals surface area contributed by atoms with Crippen molar-refractivity contribution in [3.63, 3.8) is 0 Å². The van der Waals surface area contributed by atoms with Gasteiger partial charge in [-0.1, -0.05) is 6.07 Å². The molecule has 0 atom stereocenters. The first-order valence-corrected chi connectivity index (χ1v) is 9.68. The monoisotopic (exact) mass is 390 g/mol. The van der Waals surface area contributed by atoms with Crippen molar-refractivity contribution in [3.8, 4) is 0 Å². The zero-order valence-electron chi connectivity index (χ0n) is 16.9. The first-order chi connectivity index (χ1) is 13.2. The highest BCUT2D eigenvalue weighted by Gasteiger charge is 2.24. The third-order valence-electron chi connectivity index (χ3n) is 4.39. The number of pyridine rings is 1. The average Bonchev–Trinajstić information content (AvgIpc) is 2.65. The summed E-state index contributed by atoms with van der Waals surface area (Å²) in [6.45, 7) is 7.50. The van der Waals surface area contributed by atoms with Crippen LogP contribution < -0.4 is 10.6 Å². The standard InChI is InChI=1S/C20H30N4O4/c1-20(2,3)28-19(27)22-11-7-17(25)23-14-15-8-12-24(13-9-15)18(26)16-6-4-5-10-21-16/h4-6,10,15H,7-9,11-14H2,1-3H3,(H,22,27)(H,23,25). The summed E-state index contributed by atoms with van der Waals surface area (Å²) in [5, 5.41) is 5.47. The summed E-state index contributed by atoms with van der Waals surface area (Å²) in [6, 6.07) is 5.31. The van der Waals surface area contributed by atoms with Crippen LogP contribution in [0.2, 0.25) is 0 Å². The maximum absolute atomic E-state index is 12.4. The Morgan fingerprint density at radius 1 is 1.18 bits per heavy atom. The fraction of sp³-hybridized carbons (Fsp3) is 0.600. The molecule has 3 amide bonds. The molecule has 0 aromatic carbocycles. The highest BCUT2D eigenvalue weighted by molar-refractivity contribution is 5.92. The van der Waals surface area contributed by atoms with E-state index in [0.29, 0.717) is 31.2 Å². The van der Waals surface area contributed by atoms with E-state index in [9.17, 15) is 14.4 Å². The van der Waals surface area contributed by atoms with Gasteiger partial charge in [0.05, 0.1) is 0 Å². The van der Waals surface area contributed by atoms with E-state index in [0.717, 1.165) is 12.8 Å². The van der Waals surface area contributed by atoms with Crippen LogP contribution in [0.15, 0.2) is 24.4 Å². The molecule has 1 aliphatic heterocycles. The van der Waals surface area contributed by atoms with Crippen molar-refractivity contribution < 1.29 is 19.1 Å². The first-order valence-electron chi connectivity index (χ1n) is 9.68. The molecule has 1 aliphatic rings. The average molecular weight is 390 g/mol. The lowest BCUT2D eigenvalue weighted by Crippen LogP contribution is -2.42. The topological polar surface area (TPSA) is 101 Å². The molecule has 1 aromatic rings. The van der Waals surface area contributed by atoms with Gasteiger partial charge >= 0.3 is 6.09 Å². The van der Waals surface area contributed by atoms with E-state index >= 15 is 0 Å². The Kier molecular flexibility index (Phi) is 7.78. The second-order valence-corrected chi connectivity index (χ2v) is 7.93. The Bertz CT molecular complexity index is 665. The summed E-state index contributed by atoms with van der Waals surface area (Å²) < 4.78 is 5.12. The fourth-order valence-corrected chi connectivity index (χ4v) is 2.93. The van der Waals surface area contributed by atoms with E-state index in [-0.39, 0.29) is 24.8 Å². The van der Waals surface area contributed by atoms with Gasteiger partial charge in [-0.2, -0.15) is 0 Å². The van der Waals surface area contributed by atoms with Gasteiger partial charge in [0.25, 0.3) is 5.91 Å². The number of aromatic nitrogens is 1. The SMILES string of the molecule is CC(C)(C)OC(=O)NCCC(=O)NCC1CCN(C(=O)c2ccccn2)CC1. The van der Waals surface area contributed by atoms with Crippen LogP contribution in [0.25, 0.3) is 0 Å². The van der Waals surface area contributed by atoms with Gasteiger partial charge in [0.1, 0.15) is 11.3 Å². The summed E-state index contributed by atoms with van der Waals surface area (Å²) in [6.07, 6.45) is 2.98. The fourth-order valence-electron chi connectivity index (χ4n) is 2.93. The van der Waals surface area contributed by atoms with E-state index < -0.39 is 11.7 Å². The number of nitrogens with one attached hydrogen (secondary N) is 2. The normalized spacial score (nSPS) is 15.0. The second kappa shape index (κ2) is 10.1. The molecule has 1 saturated heterocycles. The molecule has 28 heavy (non-hydrogen) atoms. The minimum absolute atomic E-state index is 0.0451. The zero-order valence-corrected chi connectivity index (χ0v) is 16.9. The number of likely N-dealkylation sites (tertiary alicyclic amines) is 1. The third-order valence-corrected chi connectivity index (χ3v) is 4.39. The number of hydrogen-bond acceptors (Lipinski definition) is 5. The van der Waals surface area contributed by atoms with Crippen molar-refractivity contribution >= 4 is 17.9 Å². The second-order valence-electron chi connectivity index (χ2n) is 7.93. The van der Waals surface area contributed by atoms with Crippen molar-refractivity contribution in [1.82, 2.24) is 20.5 Å². The Balaban J connectivity index is 1.61. The predicted octanol–water partition coefficient (Wildman–Crippen LogP) is 1.96. The molecule has 0 unspecified atom stereocenters. The lowest BCUT2D eigenvalue weighted by atomic mass is 9.96. The summed E-state index contributed by atoms with van der Waals surface area (Å²) in [7, 11) is 0. The van der Waals surface area contributed by atoms with Crippen LogP contribution in [-0.4, -0.2) is 59.6 Å². The maximum atomic E-state index is 12.4. The Morgan fingerprint density at radius 3 is 2.50 bits per heavy atom. The van der Waals surface area contributed by atoms with Crippen molar-refractivity contribution in [2.24, 2.45) is 5.92 Å². The quantitative estimate of drug-likeness (QED) is 0.773. The van der Waals surface area contributed by atoms with Crippen molar-refractivity contribution in [2.45, 2.75) is 45.6 Å². The van der Waals surface area contributed by atoms with E-state index in [1.165, 1.54) is 0 Å². The van der Waals surface area contributed by atoms with Crippen molar-refractivity contribution in [2.75, 3.05) is 26.2 Å². The van der Waals surface area contributed by atoms with Crippen LogP contribution in [0.5, 0.6) is 0 Å². The molecule has 0 radical (unpaired) electrons. The smallest absolute Gasteiger partial charge is 0.407 e. The summed E-state index contributed by atoms with van der Waals surface area (Å²) in [5.41, 5.74) is -0.0918. The van der Waals surface area contributed by atoms with Gasteiger partial charge in [-0.15, -0.1) is 0 Å². The van der Waals surface area contributed by atoms with Crippen LogP contribution in [0.1, 0.15) is 50.5 Å². The zero-order chi connectivity index (χ0) is 20.6. The molecule has 154 valence electrons. The number of carbonyl (C=O) groups is 3. The van der Waals surface area contributed by atoms with Gasteiger partial charge in [0.15, 0.2) is 0 Å². The minimum Gasteiger partial charge on any atom is -0.444 e.